The van der Waals surface area contributed by atoms with E-state index in [9.17, 15) is 17.6 Å². The fourth-order valence-corrected chi connectivity index (χ4v) is 4.64. The van der Waals surface area contributed by atoms with Crippen molar-refractivity contribution in [3.63, 3.8) is 0 Å². The van der Waals surface area contributed by atoms with Gasteiger partial charge in [0.05, 0.1) is 16.6 Å². The van der Waals surface area contributed by atoms with Gasteiger partial charge in [-0.2, -0.15) is 5.10 Å². The van der Waals surface area contributed by atoms with E-state index < -0.39 is 15.8 Å². The van der Waals surface area contributed by atoms with Gasteiger partial charge in [-0.15, -0.1) is 0 Å². The van der Waals surface area contributed by atoms with Crippen LogP contribution in [0.15, 0.2) is 82.8 Å². The minimum absolute atomic E-state index is 0.0267. The largest absolute Gasteiger partial charge is 0.280 e. The number of hydrogen-bond acceptors (Lipinski definition) is 4. The lowest BCUT2D eigenvalue weighted by atomic mass is 9.97. The zero-order valence-electron chi connectivity index (χ0n) is 17.6. The average molecular weight is 452 g/mol. The van der Waals surface area contributed by atoms with Gasteiger partial charge in [-0.05, 0) is 54.4 Å². The molecule has 0 aromatic heterocycles. The molecular weight excluding hydrogens is 429 g/mol. The molecule has 1 amide bonds. The van der Waals surface area contributed by atoms with Gasteiger partial charge in [0.2, 0.25) is 5.91 Å². The van der Waals surface area contributed by atoms with Crippen LogP contribution in [0.25, 0.3) is 0 Å². The van der Waals surface area contributed by atoms with Gasteiger partial charge in [0.15, 0.2) is 0 Å². The summed E-state index contributed by atoms with van der Waals surface area (Å²) in [6.07, 6.45) is 0.559. The van der Waals surface area contributed by atoms with E-state index in [1.165, 1.54) is 24.1 Å². The van der Waals surface area contributed by atoms with Crippen LogP contribution in [0, 0.1) is 12.7 Å². The standard InChI is InChI=1S/C24H22FN3O3S/c1-16-3-5-19(6-4-16)24-15-23(26-28(24)17(2)29)18-7-11-21(12-8-18)27-32(30,31)22-13-9-20(25)10-14-22/h3-14,24,27H,15H2,1-2H3/t24-/m1/s1. The van der Waals surface area contributed by atoms with Crippen LogP contribution >= 0.6 is 0 Å². The van der Waals surface area contributed by atoms with E-state index >= 15 is 0 Å². The molecule has 6 nitrogen and oxygen atoms in total. The van der Waals surface area contributed by atoms with Crippen LogP contribution in [-0.4, -0.2) is 25.0 Å². The van der Waals surface area contributed by atoms with Crippen LogP contribution in [0.3, 0.4) is 0 Å². The predicted octanol–water partition coefficient (Wildman–Crippen LogP) is 4.63. The van der Waals surface area contributed by atoms with Crippen LogP contribution in [0.2, 0.25) is 0 Å². The molecule has 1 aliphatic heterocycles. The molecule has 8 heteroatoms. The number of hydrazone groups is 1. The number of amides is 1. The number of nitrogens with one attached hydrogen (secondary N) is 1. The highest BCUT2D eigenvalue weighted by atomic mass is 32.2. The molecule has 3 aromatic carbocycles. The smallest absolute Gasteiger partial charge is 0.261 e. The van der Waals surface area contributed by atoms with E-state index in [0.717, 1.165) is 34.5 Å². The SMILES string of the molecule is CC(=O)N1N=C(c2ccc(NS(=O)(=O)c3ccc(F)cc3)cc2)C[C@@H]1c1ccc(C)cc1. The Morgan fingerprint density at radius 3 is 2.22 bits per heavy atom. The summed E-state index contributed by atoms with van der Waals surface area (Å²) in [6, 6.07) is 19.2. The third-order valence-electron chi connectivity index (χ3n) is 5.29. The average Bonchev–Trinajstić information content (AvgIpc) is 3.21. The summed E-state index contributed by atoms with van der Waals surface area (Å²) in [5.74, 6) is -0.650. The second kappa shape index (κ2) is 8.55. The van der Waals surface area contributed by atoms with Gasteiger partial charge in [-0.25, -0.2) is 17.8 Å². The molecule has 3 aromatic rings. The Balaban J connectivity index is 1.53. The van der Waals surface area contributed by atoms with E-state index in [0.29, 0.717) is 12.1 Å². The molecule has 1 atom stereocenters. The van der Waals surface area contributed by atoms with Crippen LogP contribution in [-0.2, 0) is 14.8 Å². The predicted molar refractivity (Wildman–Crippen MR) is 121 cm³/mol. The van der Waals surface area contributed by atoms with E-state index in [-0.39, 0.29) is 16.8 Å². The maximum Gasteiger partial charge on any atom is 0.261 e. The Morgan fingerprint density at radius 1 is 1.00 bits per heavy atom. The van der Waals surface area contributed by atoms with Gasteiger partial charge in [-0.1, -0.05) is 42.0 Å². The highest BCUT2D eigenvalue weighted by molar-refractivity contribution is 7.92. The summed E-state index contributed by atoms with van der Waals surface area (Å²) in [7, 11) is -3.83. The Labute approximate surface area is 186 Å². The van der Waals surface area contributed by atoms with Crippen molar-refractivity contribution in [1.29, 1.82) is 0 Å². The van der Waals surface area contributed by atoms with Gasteiger partial charge in [-0.3, -0.25) is 9.52 Å². The van der Waals surface area contributed by atoms with Crippen molar-refractivity contribution in [2.24, 2.45) is 5.10 Å². The van der Waals surface area contributed by atoms with Crippen LogP contribution in [0.4, 0.5) is 10.1 Å². The van der Waals surface area contributed by atoms with Crippen LogP contribution < -0.4 is 4.72 Å². The first-order valence-electron chi connectivity index (χ1n) is 10.1. The third kappa shape index (κ3) is 4.55. The lowest BCUT2D eigenvalue weighted by Gasteiger charge is -2.20. The van der Waals surface area contributed by atoms with E-state index in [1.807, 2.05) is 31.2 Å². The Hall–Kier alpha value is -3.52. The Morgan fingerprint density at radius 2 is 1.62 bits per heavy atom. The van der Waals surface area contributed by atoms with E-state index in [4.69, 9.17) is 0 Å². The number of aryl methyl sites for hydroxylation is 1. The van der Waals surface area contributed by atoms with Crippen molar-refractivity contribution in [2.75, 3.05) is 4.72 Å². The molecule has 0 fully saturated rings. The summed E-state index contributed by atoms with van der Waals surface area (Å²) in [5, 5.41) is 6.02. The van der Waals surface area contributed by atoms with Crippen LogP contribution in [0.5, 0.6) is 0 Å². The monoisotopic (exact) mass is 451 g/mol. The maximum absolute atomic E-state index is 13.1. The van der Waals surface area contributed by atoms with E-state index in [1.54, 1.807) is 24.3 Å². The molecule has 164 valence electrons. The lowest BCUT2D eigenvalue weighted by Crippen LogP contribution is -2.24. The highest BCUT2D eigenvalue weighted by Gasteiger charge is 2.31. The molecule has 0 unspecified atom stereocenters. The second-order valence-electron chi connectivity index (χ2n) is 7.68. The molecule has 1 aliphatic rings. The normalized spacial score (nSPS) is 16.0. The third-order valence-corrected chi connectivity index (χ3v) is 6.69. The Kier molecular flexibility index (Phi) is 5.80. The number of hydrogen-bond donors (Lipinski definition) is 1. The summed E-state index contributed by atoms with van der Waals surface area (Å²) >= 11 is 0. The first-order valence-corrected chi connectivity index (χ1v) is 11.5. The minimum Gasteiger partial charge on any atom is -0.280 e. The number of carbonyl (C=O) groups excluding carboxylic acids is 1. The number of rotatable bonds is 5. The quantitative estimate of drug-likeness (QED) is 0.614. The minimum atomic E-state index is -3.83. The topological polar surface area (TPSA) is 78.8 Å². The number of anilines is 1. The molecule has 32 heavy (non-hydrogen) atoms. The van der Waals surface area contributed by atoms with Crippen molar-refractivity contribution in [2.45, 2.75) is 31.2 Å². The number of halogens is 1. The molecule has 0 saturated carbocycles. The van der Waals surface area contributed by atoms with Gasteiger partial charge in [0.25, 0.3) is 10.0 Å². The summed E-state index contributed by atoms with van der Waals surface area (Å²) in [6.45, 7) is 3.50. The molecular formula is C24H22FN3O3S. The van der Waals surface area contributed by atoms with Crippen molar-refractivity contribution in [1.82, 2.24) is 5.01 Å². The molecule has 0 bridgehead atoms. The number of benzene rings is 3. The second-order valence-corrected chi connectivity index (χ2v) is 9.36. The summed E-state index contributed by atoms with van der Waals surface area (Å²) < 4.78 is 40.5. The number of nitrogens with zero attached hydrogens (tertiary/aromatic N) is 2. The first kappa shape index (κ1) is 21.7. The molecule has 0 aliphatic carbocycles. The van der Waals surface area contributed by atoms with Crippen molar-refractivity contribution < 1.29 is 17.6 Å². The molecule has 0 radical (unpaired) electrons. The van der Waals surface area contributed by atoms with E-state index in [2.05, 4.69) is 9.82 Å². The maximum atomic E-state index is 13.1. The van der Waals surface area contributed by atoms with Crippen molar-refractivity contribution in [3.8, 4) is 0 Å². The van der Waals surface area contributed by atoms with Crippen molar-refractivity contribution >= 4 is 27.3 Å². The van der Waals surface area contributed by atoms with Gasteiger partial charge < -0.3 is 0 Å². The molecule has 1 heterocycles. The highest BCUT2D eigenvalue weighted by Crippen LogP contribution is 2.33. The fourth-order valence-electron chi connectivity index (χ4n) is 3.58. The number of sulfonamides is 1. The van der Waals surface area contributed by atoms with Crippen molar-refractivity contribution in [3.05, 3.63) is 95.3 Å². The lowest BCUT2D eigenvalue weighted by molar-refractivity contribution is -0.130. The summed E-state index contributed by atoms with van der Waals surface area (Å²) in [4.78, 5) is 12.1. The fraction of sp³-hybridized carbons (Fsp3) is 0.167. The zero-order valence-corrected chi connectivity index (χ0v) is 18.4. The van der Waals surface area contributed by atoms with Crippen LogP contribution in [0.1, 0.15) is 36.1 Å². The zero-order chi connectivity index (χ0) is 22.9. The molecule has 0 saturated heterocycles. The first-order chi connectivity index (χ1) is 15.2. The van der Waals surface area contributed by atoms with Gasteiger partial charge >= 0.3 is 0 Å². The molecule has 1 N–H and O–H groups in total. The molecule has 4 rings (SSSR count). The van der Waals surface area contributed by atoms with Gasteiger partial charge in [0.1, 0.15) is 5.82 Å². The Bertz CT molecular complexity index is 1270. The number of carbonyl (C=O) groups is 1. The van der Waals surface area contributed by atoms with Gasteiger partial charge in [0, 0.05) is 19.0 Å². The summed E-state index contributed by atoms with van der Waals surface area (Å²) in [5.41, 5.74) is 4.07. The molecule has 0 spiro atoms.